The van der Waals surface area contributed by atoms with Gasteiger partial charge in [-0.25, -0.2) is 0 Å². The molecule has 0 saturated carbocycles. The Labute approximate surface area is 193 Å². The Balaban J connectivity index is 1.34. The van der Waals surface area contributed by atoms with Gasteiger partial charge in [0, 0.05) is 25.7 Å². The lowest BCUT2D eigenvalue weighted by Gasteiger charge is -2.20. The number of rotatable bonds is 8. The number of amides is 2. The molecule has 1 aliphatic rings. The standard InChI is InChI=1S/C26H27N3O4/c1-18-9-10-24(32-2)23(12-18)29-16-20(14-25(29)30)26(31)28-15-19-6-5-8-22(13-19)33-17-21-7-3-4-11-27-21/h3-13,20H,14-17H2,1-2H3,(H,28,31). The summed E-state index contributed by atoms with van der Waals surface area (Å²) in [4.78, 5) is 31.3. The summed E-state index contributed by atoms with van der Waals surface area (Å²) in [5, 5.41) is 2.96. The topological polar surface area (TPSA) is 80.8 Å². The molecule has 170 valence electrons. The van der Waals surface area contributed by atoms with Crippen LogP contribution < -0.4 is 19.7 Å². The van der Waals surface area contributed by atoms with Crippen LogP contribution in [0.2, 0.25) is 0 Å². The zero-order chi connectivity index (χ0) is 23.2. The quantitative estimate of drug-likeness (QED) is 0.573. The van der Waals surface area contributed by atoms with Crippen molar-refractivity contribution < 1.29 is 19.1 Å². The Kier molecular flexibility index (Phi) is 6.88. The lowest BCUT2D eigenvalue weighted by Crippen LogP contribution is -2.32. The van der Waals surface area contributed by atoms with E-state index in [-0.39, 0.29) is 18.2 Å². The number of carbonyl (C=O) groups excluding carboxylic acids is 2. The Morgan fingerprint density at radius 3 is 2.82 bits per heavy atom. The molecule has 2 heterocycles. The first-order valence-corrected chi connectivity index (χ1v) is 10.9. The molecule has 1 atom stereocenters. The van der Waals surface area contributed by atoms with Crippen molar-refractivity contribution in [2.24, 2.45) is 5.92 Å². The molecule has 0 aliphatic carbocycles. The van der Waals surface area contributed by atoms with E-state index in [4.69, 9.17) is 9.47 Å². The number of pyridine rings is 1. The number of aromatic nitrogens is 1. The molecule has 33 heavy (non-hydrogen) atoms. The van der Waals surface area contributed by atoms with Crippen molar-refractivity contribution in [3.63, 3.8) is 0 Å². The van der Waals surface area contributed by atoms with Crippen LogP contribution in [0.4, 0.5) is 5.69 Å². The molecule has 3 aromatic rings. The minimum Gasteiger partial charge on any atom is -0.495 e. The van der Waals surface area contributed by atoms with Gasteiger partial charge in [0.25, 0.3) is 0 Å². The summed E-state index contributed by atoms with van der Waals surface area (Å²) in [7, 11) is 1.58. The number of benzene rings is 2. The number of nitrogens with zero attached hydrogens (tertiary/aromatic N) is 2. The summed E-state index contributed by atoms with van der Waals surface area (Å²) in [6.07, 6.45) is 1.91. The summed E-state index contributed by atoms with van der Waals surface area (Å²) in [6, 6.07) is 19.0. The Morgan fingerprint density at radius 2 is 2.03 bits per heavy atom. The molecule has 1 aromatic heterocycles. The molecule has 2 amide bonds. The number of hydrogen-bond donors (Lipinski definition) is 1. The van der Waals surface area contributed by atoms with Gasteiger partial charge in [-0.3, -0.25) is 14.6 Å². The molecule has 7 nitrogen and oxygen atoms in total. The second-order valence-electron chi connectivity index (χ2n) is 8.06. The number of anilines is 1. The highest BCUT2D eigenvalue weighted by Crippen LogP contribution is 2.34. The van der Waals surface area contributed by atoms with Crippen LogP contribution in [0.1, 0.15) is 23.2 Å². The van der Waals surface area contributed by atoms with E-state index in [0.29, 0.717) is 36.9 Å². The summed E-state index contributed by atoms with van der Waals surface area (Å²) >= 11 is 0. The molecule has 0 bridgehead atoms. The van der Waals surface area contributed by atoms with Gasteiger partial charge in [-0.1, -0.05) is 24.3 Å². The fourth-order valence-electron chi connectivity index (χ4n) is 3.85. The molecule has 2 aromatic carbocycles. The van der Waals surface area contributed by atoms with E-state index in [1.807, 2.05) is 67.6 Å². The van der Waals surface area contributed by atoms with Gasteiger partial charge in [0.2, 0.25) is 11.8 Å². The highest BCUT2D eigenvalue weighted by molar-refractivity contribution is 6.01. The van der Waals surface area contributed by atoms with E-state index < -0.39 is 5.92 Å². The maximum Gasteiger partial charge on any atom is 0.227 e. The van der Waals surface area contributed by atoms with Crippen LogP contribution in [0.15, 0.2) is 66.9 Å². The van der Waals surface area contributed by atoms with Gasteiger partial charge >= 0.3 is 0 Å². The Hall–Kier alpha value is -3.87. The monoisotopic (exact) mass is 445 g/mol. The molecule has 1 N–H and O–H groups in total. The number of carbonyl (C=O) groups is 2. The summed E-state index contributed by atoms with van der Waals surface area (Å²) in [5.74, 6) is 0.700. The molecule has 4 rings (SSSR count). The highest BCUT2D eigenvalue weighted by Gasteiger charge is 2.36. The minimum atomic E-state index is -0.411. The third-order valence-electron chi connectivity index (χ3n) is 5.60. The number of ether oxygens (including phenoxy) is 2. The summed E-state index contributed by atoms with van der Waals surface area (Å²) < 4.78 is 11.2. The van der Waals surface area contributed by atoms with Crippen molar-refractivity contribution in [2.75, 3.05) is 18.6 Å². The predicted molar refractivity (Wildman–Crippen MR) is 125 cm³/mol. The van der Waals surface area contributed by atoms with E-state index in [2.05, 4.69) is 10.3 Å². The van der Waals surface area contributed by atoms with Crippen molar-refractivity contribution in [3.8, 4) is 11.5 Å². The predicted octanol–water partition coefficient (Wildman–Crippen LogP) is 3.65. The summed E-state index contributed by atoms with van der Waals surface area (Å²) in [6.45, 7) is 3.02. The zero-order valence-electron chi connectivity index (χ0n) is 18.8. The summed E-state index contributed by atoms with van der Waals surface area (Å²) in [5.41, 5.74) is 3.49. The van der Waals surface area contributed by atoms with Crippen molar-refractivity contribution in [3.05, 3.63) is 83.7 Å². The van der Waals surface area contributed by atoms with Gasteiger partial charge in [0.1, 0.15) is 18.1 Å². The molecular weight excluding hydrogens is 418 g/mol. The maximum absolute atomic E-state index is 12.8. The van der Waals surface area contributed by atoms with Crippen molar-refractivity contribution >= 4 is 17.5 Å². The molecule has 1 fully saturated rings. The largest absolute Gasteiger partial charge is 0.495 e. The molecule has 1 aliphatic heterocycles. The molecule has 7 heteroatoms. The SMILES string of the molecule is COc1ccc(C)cc1N1CC(C(=O)NCc2cccc(OCc3ccccn3)c2)CC1=O. The van der Waals surface area contributed by atoms with Crippen LogP contribution in [0.3, 0.4) is 0 Å². The lowest BCUT2D eigenvalue weighted by atomic mass is 10.1. The molecule has 0 spiro atoms. The first kappa shape index (κ1) is 22.3. The highest BCUT2D eigenvalue weighted by atomic mass is 16.5. The van der Waals surface area contributed by atoms with Gasteiger partial charge in [-0.2, -0.15) is 0 Å². The van der Waals surface area contributed by atoms with Crippen LogP contribution in [-0.2, 0) is 22.7 Å². The molecule has 1 unspecified atom stereocenters. The zero-order valence-corrected chi connectivity index (χ0v) is 18.8. The smallest absolute Gasteiger partial charge is 0.227 e. The van der Waals surface area contributed by atoms with Crippen LogP contribution in [0.5, 0.6) is 11.5 Å². The van der Waals surface area contributed by atoms with Crippen molar-refractivity contribution in [1.29, 1.82) is 0 Å². The van der Waals surface area contributed by atoms with Gasteiger partial charge < -0.3 is 19.7 Å². The number of nitrogens with one attached hydrogen (secondary N) is 1. The van der Waals surface area contributed by atoms with Crippen molar-refractivity contribution in [2.45, 2.75) is 26.5 Å². The Morgan fingerprint density at radius 1 is 1.15 bits per heavy atom. The molecule has 0 radical (unpaired) electrons. The normalized spacial score (nSPS) is 15.4. The van der Waals surface area contributed by atoms with Crippen LogP contribution in [0, 0.1) is 12.8 Å². The average Bonchev–Trinajstić information content (AvgIpc) is 3.23. The van der Waals surface area contributed by atoms with Gasteiger partial charge in [-0.15, -0.1) is 0 Å². The van der Waals surface area contributed by atoms with Crippen LogP contribution in [0.25, 0.3) is 0 Å². The van der Waals surface area contributed by atoms with E-state index in [9.17, 15) is 9.59 Å². The van der Waals surface area contributed by atoms with Crippen LogP contribution in [-0.4, -0.2) is 30.5 Å². The molecule has 1 saturated heterocycles. The van der Waals surface area contributed by atoms with E-state index >= 15 is 0 Å². The maximum atomic E-state index is 12.8. The molecular formula is C26H27N3O4. The number of aryl methyl sites for hydroxylation is 1. The first-order valence-electron chi connectivity index (χ1n) is 10.9. The minimum absolute atomic E-state index is 0.0797. The van der Waals surface area contributed by atoms with E-state index in [1.54, 1.807) is 18.2 Å². The third-order valence-corrected chi connectivity index (χ3v) is 5.60. The number of methoxy groups -OCH3 is 1. The van der Waals surface area contributed by atoms with Crippen LogP contribution >= 0.6 is 0 Å². The average molecular weight is 446 g/mol. The lowest BCUT2D eigenvalue weighted by molar-refractivity contribution is -0.126. The third kappa shape index (κ3) is 5.49. The van der Waals surface area contributed by atoms with Gasteiger partial charge in [0.05, 0.1) is 24.4 Å². The van der Waals surface area contributed by atoms with Gasteiger partial charge in [0.15, 0.2) is 0 Å². The second kappa shape index (κ2) is 10.2. The van der Waals surface area contributed by atoms with Gasteiger partial charge in [-0.05, 0) is 54.4 Å². The fraction of sp³-hybridized carbons (Fsp3) is 0.269. The second-order valence-corrected chi connectivity index (χ2v) is 8.06. The first-order chi connectivity index (χ1) is 16.0. The van der Waals surface area contributed by atoms with Crippen molar-refractivity contribution in [1.82, 2.24) is 10.3 Å². The number of hydrogen-bond acceptors (Lipinski definition) is 5. The van der Waals surface area contributed by atoms with E-state index in [1.165, 1.54) is 0 Å². The fourth-order valence-corrected chi connectivity index (χ4v) is 3.85. The Bertz CT molecular complexity index is 1130. The van der Waals surface area contributed by atoms with E-state index in [0.717, 1.165) is 16.8 Å².